The molecule has 10 heteroatoms. The Morgan fingerprint density at radius 1 is 0.927 bits per heavy atom. The molecule has 1 N–H and O–H groups in total. The minimum Gasteiger partial charge on any atom is -0.502 e. The Labute approximate surface area is 234 Å². The van der Waals surface area contributed by atoms with E-state index in [1.54, 1.807) is 24.3 Å². The fourth-order valence-electron chi connectivity index (χ4n) is 6.11. The molecule has 1 aromatic heterocycles. The number of esters is 2. The van der Waals surface area contributed by atoms with Gasteiger partial charge in [0.05, 0.1) is 32.3 Å². The number of ether oxygens (including phenoxy) is 6. The smallest absolute Gasteiger partial charge is 0.357 e. The predicted octanol–water partition coefficient (Wildman–Crippen LogP) is 4.52. The van der Waals surface area contributed by atoms with E-state index in [4.69, 9.17) is 28.4 Å². The zero-order valence-corrected chi connectivity index (χ0v) is 22.2. The number of aromatic nitrogens is 1. The summed E-state index contributed by atoms with van der Waals surface area (Å²) in [6.45, 7) is 0.105. The average Bonchev–Trinajstić information content (AvgIpc) is 3.62. The molecule has 0 spiro atoms. The van der Waals surface area contributed by atoms with Crippen molar-refractivity contribution in [2.75, 3.05) is 27.6 Å². The number of phenolic OH excluding ortho intramolecular Hbond substituents is 1. The third-order valence-corrected chi connectivity index (χ3v) is 8.02. The van der Waals surface area contributed by atoms with E-state index in [0.29, 0.717) is 33.7 Å². The third-order valence-electron chi connectivity index (χ3n) is 8.02. The van der Waals surface area contributed by atoms with Gasteiger partial charge in [-0.1, -0.05) is 24.3 Å². The number of para-hydroxylation sites is 1. The van der Waals surface area contributed by atoms with Gasteiger partial charge in [0, 0.05) is 22.8 Å². The summed E-state index contributed by atoms with van der Waals surface area (Å²) in [5.41, 5.74) is 2.85. The first-order chi connectivity index (χ1) is 20.0. The standard InChI is InChI=1S/C31H25NO9/c1-36-24-9-16(10-25(37-2)28(24)33)26-17-11-22-23(40-14-39-22)12-18(17)29(19-13-38-31(35)27(19)26)41-30(34)21-8-7-15-5-3-4-6-20(15)32-21/h3-12,19,26-27,29,33H,13-14H2,1-2H3/t19-,26+,27-,29+/m0/s1. The Morgan fingerprint density at radius 3 is 2.37 bits per heavy atom. The summed E-state index contributed by atoms with van der Waals surface area (Å²) in [6.07, 6.45) is -0.825. The number of methoxy groups -OCH3 is 2. The summed E-state index contributed by atoms with van der Waals surface area (Å²) in [4.78, 5) is 31.3. The molecule has 4 aromatic rings. The number of hydrogen-bond acceptors (Lipinski definition) is 10. The first kappa shape index (κ1) is 25.0. The maximum absolute atomic E-state index is 13.5. The van der Waals surface area contributed by atoms with Crippen molar-refractivity contribution in [3.8, 4) is 28.7 Å². The molecule has 2 aliphatic heterocycles. The van der Waals surface area contributed by atoms with Gasteiger partial charge in [0.25, 0.3) is 0 Å². The van der Waals surface area contributed by atoms with Crippen molar-refractivity contribution in [1.29, 1.82) is 0 Å². The molecular formula is C31H25NO9. The number of phenols is 1. The van der Waals surface area contributed by atoms with E-state index in [1.807, 2.05) is 36.4 Å². The van der Waals surface area contributed by atoms with Crippen LogP contribution in [0.1, 0.15) is 39.2 Å². The van der Waals surface area contributed by atoms with Crippen molar-refractivity contribution < 1.29 is 43.1 Å². The molecule has 3 aliphatic rings. The predicted molar refractivity (Wildman–Crippen MR) is 143 cm³/mol. The lowest BCUT2D eigenvalue weighted by atomic mass is 9.66. The van der Waals surface area contributed by atoms with Crippen LogP contribution in [0.4, 0.5) is 0 Å². The molecule has 7 rings (SSSR count). The van der Waals surface area contributed by atoms with E-state index < -0.39 is 35.8 Å². The van der Waals surface area contributed by atoms with Crippen LogP contribution in [0.25, 0.3) is 10.9 Å². The number of rotatable bonds is 5. The van der Waals surface area contributed by atoms with Crippen LogP contribution < -0.4 is 18.9 Å². The van der Waals surface area contributed by atoms with E-state index in [9.17, 15) is 14.7 Å². The van der Waals surface area contributed by atoms with Crippen molar-refractivity contribution in [1.82, 2.24) is 4.98 Å². The summed E-state index contributed by atoms with van der Waals surface area (Å²) in [7, 11) is 2.88. The van der Waals surface area contributed by atoms with Gasteiger partial charge < -0.3 is 33.5 Å². The first-order valence-electron chi connectivity index (χ1n) is 13.1. The number of carbonyl (C=O) groups excluding carboxylic acids is 2. The molecule has 1 saturated heterocycles. The molecule has 0 unspecified atom stereocenters. The fourth-order valence-corrected chi connectivity index (χ4v) is 6.11. The number of benzene rings is 3. The summed E-state index contributed by atoms with van der Waals surface area (Å²) >= 11 is 0. The van der Waals surface area contributed by atoms with E-state index in [1.165, 1.54) is 14.2 Å². The van der Waals surface area contributed by atoms with Gasteiger partial charge in [-0.15, -0.1) is 0 Å². The molecule has 0 saturated carbocycles. The van der Waals surface area contributed by atoms with Crippen molar-refractivity contribution in [2.45, 2.75) is 12.0 Å². The minimum atomic E-state index is -0.825. The van der Waals surface area contributed by atoms with Crippen LogP contribution in [0.15, 0.2) is 60.7 Å². The highest BCUT2D eigenvalue weighted by Crippen LogP contribution is 2.56. The van der Waals surface area contributed by atoms with Crippen LogP contribution in [0.3, 0.4) is 0 Å². The quantitative estimate of drug-likeness (QED) is 0.352. The maximum Gasteiger partial charge on any atom is 0.357 e. The Bertz CT molecular complexity index is 1690. The van der Waals surface area contributed by atoms with Crippen LogP contribution in [-0.4, -0.2) is 49.6 Å². The average molecular weight is 556 g/mol. The molecule has 208 valence electrons. The second-order valence-corrected chi connectivity index (χ2v) is 10.1. The van der Waals surface area contributed by atoms with Gasteiger partial charge in [-0.3, -0.25) is 4.79 Å². The molecule has 3 heterocycles. The van der Waals surface area contributed by atoms with E-state index >= 15 is 0 Å². The molecule has 10 nitrogen and oxygen atoms in total. The number of carbonyl (C=O) groups is 2. The lowest BCUT2D eigenvalue weighted by Crippen LogP contribution is -2.36. The molecule has 41 heavy (non-hydrogen) atoms. The molecule has 1 fully saturated rings. The van der Waals surface area contributed by atoms with E-state index in [0.717, 1.165) is 5.39 Å². The zero-order valence-electron chi connectivity index (χ0n) is 22.2. The number of fused-ring (bicyclic) bond motifs is 4. The van der Waals surface area contributed by atoms with Crippen LogP contribution in [0, 0.1) is 11.8 Å². The molecule has 0 radical (unpaired) electrons. The Kier molecular flexibility index (Phi) is 5.84. The fraction of sp³-hybridized carbons (Fsp3) is 0.258. The van der Waals surface area contributed by atoms with Gasteiger partial charge in [-0.25, -0.2) is 9.78 Å². The van der Waals surface area contributed by atoms with Crippen LogP contribution in [-0.2, 0) is 14.3 Å². The SMILES string of the molecule is COc1cc([C@@H]2c3cc4c(cc3[C@@H](OC(=O)c3ccc5ccccc5n3)[C@H]3COC(=O)[C@H]23)OCO4)cc(OC)c1O. The van der Waals surface area contributed by atoms with E-state index in [-0.39, 0.29) is 36.3 Å². The van der Waals surface area contributed by atoms with Gasteiger partial charge in [0.1, 0.15) is 11.8 Å². The second-order valence-electron chi connectivity index (χ2n) is 10.1. The van der Waals surface area contributed by atoms with Gasteiger partial charge in [-0.2, -0.15) is 0 Å². The first-order valence-corrected chi connectivity index (χ1v) is 13.1. The normalized spacial score (nSPS) is 22.0. The monoisotopic (exact) mass is 555 g/mol. The zero-order chi connectivity index (χ0) is 28.2. The number of pyridine rings is 1. The Hall–Kier alpha value is -4.99. The summed E-state index contributed by atoms with van der Waals surface area (Å²) in [5, 5.41) is 11.4. The molecule has 0 bridgehead atoms. The minimum absolute atomic E-state index is 0.0457. The number of hydrogen-bond donors (Lipinski definition) is 1. The number of nitrogens with zero attached hydrogens (tertiary/aromatic N) is 1. The largest absolute Gasteiger partial charge is 0.502 e. The molecule has 0 amide bonds. The maximum atomic E-state index is 13.5. The summed E-state index contributed by atoms with van der Waals surface area (Å²) in [6, 6.07) is 17.9. The van der Waals surface area contributed by atoms with Crippen LogP contribution >= 0.6 is 0 Å². The Balaban J connectivity index is 1.36. The Morgan fingerprint density at radius 2 is 1.63 bits per heavy atom. The molecule has 4 atom stereocenters. The summed E-state index contributed by atoms with van der Waals surface area (Å²) < 4.78 is 33.9. The number of aromatic hydroxyl groups is 1. The van der Waals surface area contributed by atoms with Gasteiger partial charge in [0.2, 0.25) is 12.5 Å². The lowest BCUT2D eigenvalue weighted by molar-refractivity contribution is -0.141. The van der Waals surface area contributed by atoms with Crippen molar-refractivity contribution in [2.24, 2.45) is 11.8 Å². The van der Waals surface area contributed by atoms with Crippen molar-refractivity contribution >= 4 is 22.8 Å². The van der Waals surface area contributed by atoms with Gasteiger partial charge in [0.15, 0.2) is 23.0 Å². The van der Waals surface area contributed by atoms with Crippen molar-refractivity contribution in [3.63, 3.8) is 0 Å². The van der Waals surface area contributed by atoms with Gasteiger partial charge in [-0.05, 0) is 47.5 Å². The molecular weight excluding hydrogens is 530 g/mol. The summed E-state index contributed by atoms with van der Waals surface area (Å²) in [5.74, 6) is -1.53. The van der Waals surface area contributed by atoms with Crippen LogP contribution in [0.5, 0.6) is 28.7 Å². The van der Waals surface area contributed by atoms with Crippen LogP contribution in [0.2, 0.25) is 0 Å². The highest BCUT2D eigenvalue weighted by atomic mass is 16.7. The van der Waals surface area contributed by atoms with Crippen molar-refractivity contribution in [3.05, 3.63) is 83.0 Å². The molecule has 3 aromatic carbocycles. The topological polar surface area (TPSA) is 123 Å². The number of cyclic esters (lactones) is 1. The third kappa shape index (κ3) is 3.97. The second kappa shape index (κ2) is 9.58. The highest BCUT2D eigenvalue weighted by Gasteiger charge is 2.54. The molecule has 1 aliphatic carbocycles. The van der Waals surface area contributed by atoms with Gasteiger partial charge >= 0.3 is 11.9 Å². The van der Waals surface area contributed by atoms with E-state index in [2.05, 4.69) is 4.98 Å². The highest BCUT2D eigenvalue weighted by molar-refractivity contribution is 5.91. The lowest BCUT2D eigenvalue weighted by Gasteiger charge is -2.38.